The van der Waals surface area contributed by atoms with Gasteiger partial charge < -0.3 is 20.5 Å². The minimum absolute atomic E-state index is 0. The molecule has 148 valence electrons. The fourth-order valence-corrected chi connectivity index (χ4v) is 2.86. The third-order valence-corrected chi connectivity index (χ3v) is 4.32. The van der Waals surface area contributed by atoms with E-state index in [9.17, 15) is 5.11 Å². The molecule has 0 aromatic heterocycles. The quantitative estimate of drug-likeness (QED) is 0.318. The summed E-state index contributed by atoms with van der Waals surface area (Å²) in [7, 11) is 0. The number of aliphatic hydroxyl groups is 1. The molecule has 1 unspecified atom stereocenters. The molecule has 0 spiro atoms. The van der Waals surface area contributed by atoms with Crippen molar-refractivity contribution in [3.63, 3.8) is 0 Å². The molecule has 26 heavy (non-hydrogen) atoms. The van der Waals surface area contributed by atoms with Gasteiger partial charge in [-0.2, -0.15) is 0 Å². The van der Waals surface area contributed by atoms with E-state index in [0.717, 1.165) is 38.8 Å². The Morgan fingerprint density at radius 3 is 2.62 bits per heavy atom. The summed E-state index contributed by atoms with van der Waals surface area (Å²) in [6.07, 6.45) is 0. The molecule has 1 atom stereocenters. The van der Waals surface area contributed by atoms with Crippen LogP contribution in [0, 0.1) is 6.92 Å². The highest BCUT2D eigenvalue weighted by molar-refractivity contribution is 14.0. The van der Waals surface area contributed by atoms with E-state index in [1.165, 1.54) is 11.1 Å². The van der Waals surface area contributed by atoms with Gasteiger partial charge in [-0.3, -0.25) is 4.90 Å². The van der Waals surface area contributed by atoms with Crippen molar-refractivity contribution in [2.45, 2.75) is 32.9 Å². The Balaban J connectivity index is 0.00000338. The Labute approximate surface area is 174 Å². The number of halogens is 1. The monoisotopic (exact) mass is 476 g/mol. The number of aliphatic imine (C=N–C) groups is 1. The first kappa shape index (κ1) is 23.1. The second kappa shape index (κ2) is 11.7. The summed E-state index contributed by atoms with van der Waals surface area (Å²) in [5.41, 5.74) is 1.62. The van der Waals surface area contributed by atoms with Crippen molar-refractivity contribution in [2.24, 2.45) is 4.99 Å². The summed E-state index contributed by atoms with van der Waals surface area (Å²) in [4.78, 5) is 6.88. The van der Waals surface area contributed by atoms with E-state index in [0.29, 0.717) is 19.6 Å². The van der Waals surface area contributed by atoms with Crippen LogP contribution in [0.15, 0.2) is 29.3 Å². The summed E-state index contributed by atoms with van der Waals surface area (Å²) >= 11 is 0. The molecule has 3 N–H and O–H groups in total. The average Bonchev–Trinajstić information content (AvgIpc) is 2.59. The third-order valence-electron chi connectivity index (χ3n) is 4.32. The summed E-state index contributed by atoms with van der Waals surface area (Å²) in [6, 6.07) is 8.26. The number of morpholine rings is 1. The fraction of sp³-hybridized carbons (Fsp3) is 0.632. The van der Waals surface area contributed by atoms with Gasteiger partial charge >= 0.3 is 0 Å². The normalized spacial score (nSPS) is 17.9. The van der Waals surface area contributed by atoms with Crippen molar-refractivity contribution < 1.29 is 9.84 Å². The second-order valence-corrected chi connectivity index (χ2v) is 6.86. The lowest BCUT2D eigenvalue weighted by Gasteiger charge is -2.34. The van der Waals surface area contributed by atoms with E-state index >= 15 is 0 Å². The van der Waals surface area contributed by atoms with Crippen molar-refractivity contribution in [1.29, 1.82) is 0 Å². The third kappa shape index (κ3) is 8.20. The zero-order valence-electron chi connectivity index (χ0n) is 16.1. The SMILES string of the molecule is CCNC(=NCc1ccccc1C)NCC(C)(O)CN1CCOCC1.I. The second-order valence-electron chi connectivity index (χ2n) is 6.86. The van der Waals surface area contributed by atoms with Crippen LogP contribution in [0.2, 0.25) is 0 Å². The lowest BCUT2D eigenvalue weighted by atomic mass is 10.1. The molecule has 1 fully saturated rings. The average molecular weight is 476 g/mol. The van der Waals surface area contributed by atoms with Crippen LogP contribution in [0.4, 0.5) is 0 Å². The van der Waals surface area contributed by atoms with Crippen LogP contribution >= 0.6 is 24.0 Å². The van der Waals surface area contributed by atoms with E-state index in [1.54, 1.807) is 0 Å². The van der Waals surface area contributed by atoms with Gasteiger partial charge in [0.25, 0.3) is 0 Å². The van der Waals surface area contributed by atoms with Gasteiger partial charge in [0.15, 0.2) is 5.96 Å². The molecule has 1 aliphatic heterocycles. The molecule has 1 aromatic rings. The molecule has 0 amide bonds. The van der Waals surface area contributed by atoms with Gasteiger partial charge in [0.2, 0.25) is 0 Å². The highest BCUT2D eigenvalue weighted by Gasteiger charge is 2.25. The predicted molar refractivity (Wildman–Crippen MR) is 117 cm³/mol. The molecule has 0 aliphatic carbocycles. The summed E-state index contributed by atoms with van der Waals surface area (Å²) in [5.74, 6) is 0.730. The number of ether oxygens (including phenoxy) is 1. The van der Waals surface area contributed by atoms with Crippen molar-refractivity contribution >= 4 is 29.9 Å². The molecule has 0 radical (unpaired) electrons. The number of rotatable bonds is 7. The maximum absolute atomic E-state index is 10.7. The first-order valence-electron chi connectivity index (χ1n) is 9.09. The molecule has 0 bridgehead atoms. The Hall–Kier alpha value is -0.900. The Morgan fingerprint density at radius 1 is 1.27 bits per heavy atom. The lowest BCUT2D eigenvalue weighted by Crippen LogP contribution is -2.52. The number of hydrogen-bond acceptors (Lipinski definition) is 4. The van der Waals surface area contributed by atoms with Crippen LogP contribution < -0.4 is 10.6 Å². The van der Waals surface area contributed by atoms with E-state index in [2.05, 4.69) is 39.6 Å². The molecule has 7 heteroatoms. The van der Waals surface area contributed by atoms with Gasteiger partial charge in [0, 0.05) is 32.7 Å². The zero-order chi connectivity index (χ0) is 18.1. The highest BCUT2D eigenvalue weighted by Crippen LogP contribution is 2.09. The van der Waals surface area contributed by atoms with Crippen LogP contribution in [-0.4, -0.2) is 67.5 Å². The van der Waals surface area contributed by atoms with Crippen LogP contribution in [0.25, 0.3) is 0 Å². The van der Waals surface area contributed by atoms with Crippen molar-refractivity contribution in [3.8, 4) is 0 Å². The van der Waals surface area contributed by atoms with E-state index < -0.39 is 5.60 Å². The van der Waals surface area contributed by atoms with E-state index in [-0.39, 0.29) is 24.0 Å². The molecule has 0 saturated carbocycles. The van der Waals surface area contributed by atoms with Gasteiger partial charge in [-0.25, -0.2) is 4.99 Å². The molecule has 1 aliphatic rings. The molecule has 1 heterocycles. The fourth-order valence-electron chi connectivity index (χ4n) is 2.86. The van der Waals surface area contributed by atoms with Gasteiger partial charge in [-0.1, -0.05) is 24.3 Å². The molecule has 1 saturated heterocycles. The largest absolute Gasteiger partial charge is 0.387 e. The number of guanidine groups is 1. The number of nitrogens with one attached hydrogen (secondary N) is 2. The minimum atomic E-state index is -0.823. The van der Waals surface area contributed by atoms with Crippen LogP contribution in [-0.2, 0) is 11.3 Å². The summed E-state index contributed by atoms with van der Waals surface area (Å²) in [5, 5.41) is 17.2. The predicted octanol–water partition coefficient (Wildman–Crippen LogP) is 1.75. The number of nitrogens with zero attached hydrogens (tertiary/aromatic N) is 2. The smallest absolute Gasteiger partial charge is 0.191 e. The molecule has 1 aromatic carbocycles. The molecule has 6 nitrogen and oxygen atoms in total. The van der Waals surface area contributed by atoms with Crippen molar-refractivity contribution in [2.75, 3.05) is 45.9 Å². The zero-order valence-corrected chi connectivity index (χ0v) is 18.5. The summed E-state index contributed by atoms with van der Waals surface area (Å²) in [6.45, 7) is 11.7. The van der Waals surface area contributed by atoms with Gasteiger partial charge in [-0.05, 0) is 31.9 Å². The molecular weight excluding hydrogens is 443 g/mol. The lowest BCUT2D eigenvalue weighted by molar-refractivity contribution is -0.0201. The van der Waals surface area contributed by atoms with Gasteiger partial charge in [0.05, 0.1) is 25.4 Å². The Bertz CT molecular complexity index is 560. The van der Waals surface area contributed by atoms with Gasteiger partial charge in [-0.15, -0.1) is 24.0 Å². The first-order valence-corrected chi connectivity index (χ1v) is 9.09. The van der Waals surface area contributed by atoms with Crippen molar-refractivity contribution in [1.82, 2.24) is 15.5 Å². The van der Waals surface area contributed by atoms with Gasteiger partial charge in [0.1, 0.15) is 0 Å². The topological polar surface area (TPSA) is 69.1 Å². The Morgan fingerprint density at radius 2 is 1.96 bits per heavy atom. The number of aryl methyl sites for hydroxylation is 1. The maximum atomic E-state index is 10.7. The van der Waals surface area contributed by atoms with E-state index in [1.807, 2.05) is 26.0 Å². The van der Waals surface area contributed by atoms with Crippen LogP contribution in [0.5, 0.6) is 0 Å². The van der Waals surface area contributed by atoms with Crippen LogP contribution in [0.1, 0.15) is 25.0 Å². The van der Waals surface area contributed by atoms with Crippen molar-refractivity contribution in [3.05, 3.63) is 35.4 Å². The molecular formula is C19H33IN4O2. The minimum Gasteiger partial charge on any atom is -0.387 e. The maximum Gasteiger partial charge on any atom is 0.191 e. The number of benzene rings is 1. The van der Waals surface area contributed by atoms with E-state index in [4.69, 9.17) is 4.74 Å². The highest BCUT2D eigenvalue weighted by atomic mass is 127. The number of hydrogen-bond donors (Lipinski definition) is 3. The molecule has 2 rings (SSSR count). The first-order chi connectivity index (χ1) is 12.0. The number of β-amino-alcohol motifs (C(OH)–C–C–N with tert-alkyl or cyclic N) is 1. The summed E-state index contributed by atoms with van der Waals surface area (Å²) < 4.78 is 5.36. The Kier molecular flexibility index (Phi) is 10.4. The standard InChI is InChI=1S/C19H32N4O2.HI/c1-4-20-18(21-13-17-8-6-5-7-16(17)2)22-14-19(3,24)15-23-9-11-25-12-10-23;/h5-8,24H,4,9-15H2,1-3H3,(H2,20,21,22);1H. The van der Waals surface area contributed by atoms with Crippen LogP contribution in [0.3, 0.4) is 0 Å².